The summed E-state index contributed by atoms with van der Waals surface area (Å²) in [5.74, 6) is -3.72. The van der Waals surface area contributed by atoms with E-state index in [0.717, 1.165) is 16.5 Å². The van der Waals surface area contributed by atoms with E-state index in [2.05, 4.69) is 20.9 Å². The Labute approximate surface area is 231 Å². The van der Waals surface area contributed by atoms with Gasteiger partial charge in [-0.05, 0) is 35.2 Å². The van der Waals surface area contributed by atoms with E-state index in [-0.39, 0.29) is 24.5 Å². The number of hydrogen-bond acceptors (Lipinski definition) is 7. The van der Waals surface area contributed by atoms with Gasteiger partial charge < -0.3 is 42.0 Å². The third-order valence-corrected chi connectivity index (χ3v) is 6.56. The number of carbonyl (C=O) groups excluding carboxylic acids is 3. The highest BCUT2D eigenvalue weighted by Crippen LogP contribution is 2.20. The van der Waals surface area contributed by atoms with E-state index >= 15 is 0 Å². The van der Waals surface area contributed by atoms with E-state index < -0.39 is 54.5 Å². The summed E-state index contributed by atoms with van der Waals surface area (Å²) >= 11 is 0. The number of rotatable bonds is 13. The molecule has 1 aromatic heterocycles. The quantitative estimate of drug-likeness (QED) is 0.146. The van der Waals surface area contributed by atoms with Crippen LogP contribution in [0, 0.1) is 5.92 Å². The Kier molecular flexibility index (Phi) is 10.2. The Morgan fingerprint density at radius 1 is 0.850 bits per heavy atom. The Bertz CT molecular complexity index is 1340. The molecule has 2 aromatic carbocycles. The monoisotopic (exact) mass is 553 g/mol. The number of aromatic amines is 1. The minimum atomic E-state index is -1.59. The zero-order valence-corrected chi connectivity index (χ0v) is 22.3. The lowest BCUT2D eigenvalue weighted by atomic mass is 10.00. The summed E-state index contributed by atoms with van der Waals surface area (Å²) in [4.78, 5) is 54.1. The molecule has 1 heterocycles. The molecule has 0 bridgehead atoms. The zero-order chi connectivity index (χ0) is 29.4. The second-order valence-electron chi connectivity index (χ2n) is 9.91. The smallest absolute Gasteiger partial charge is 0.328 e. The van der Waals surface area contributed by atoms with Gasteiger partial charge in [-0.2, -0.15) is 0 Å². The van der Waals surface area contributed by atoms with Crippen LogP contribution in [0.3, 0.4) is 0 Å². The third-order valence-electron chi connectivity index (χ3n) is 6.56. The van der Waals surface area contributed by atoms with Gasteiger partial charge in [-0.25, -0.2) is 4.79 Å². The maximum Gasteiger partial charge on any atom is 0.328 e. The van der Waals surface area contributed by atoms with Crippen LogP contribution in [0.4, 0.5) is 0 Å². The van der Waals surface area contributed by atoms with Gasteiger partial charge in [-0.15, -0.1) is 0 Å². The van der Waals surface area contributed by atoms with E-state index in [9.17, 15) is 34.5 Å². The number of para-hydroxylation sites is 1. The van der Waals surface area contributed by atoms with Crippen LogP contribution in [-0.4, -0.2) is 74.8 Å². The van der Waals surface area contributed by atoms with Gasteiger partial charge in [0.1, 0.15) is 23.9 Å². The lowest BCUT2D eigenvalue weighted by Crippen LogP contribution is -2.58. The first-order valence-electron chi connectivity index (χ1n) is 12.8. The molecule has 0 fully saturated rings. The fourth-order valence-corrected chi connectivity index (χ4v) is 4.11. The normalized spacial score (nSPS) is 14.2. The number of aromatic nitrogens is 1. The Morgan fingerprint density at radius 3 is 2.02 bits per heavy atom. The Hall–Kier alpha value is -4.42. The van der Waals surface area contributed by atoms with Crippen LogP contribution in [0.2, 0.25) is 0 Å². The average Bonchev–Trinajstić information content (AvgIpc) is 3.33. The van der Waals surface area contributed by atoms with Crippen LogP contribution in [0.1, 0.15) is 25.0 Å². The van der Waals surface area contributed by atoms with Crippen LogP contribution in [-0.2, 0) is 32.0 Å². The van der Waals surface area contributed by atoms with Gasteiger partial charge in [0.05, 0.1) is 12.6 Å². The Morgan fingerprint density at radius 2 is 1.43 bits per heavy atom. The molecule has 214 valence electrons. The number of amides is 3. The first-order valence-corrected chi connectivity index (χ1v) is 12.8. The molecule has 0 radical (unpaired) electrons. The molecule has 3 rings (SSSR count). The fraction of sp³-hybridized carbons (Fsp3) is 0.357. The van der Waals surface area contributed by atoms with Crippen LogP contribution < -0.4 is 21.7 Å². The van der Waals surface area contributed by atoms with Crippen LogP contribution in [0.25, 0.3) is 10.9 Å². The minimum Gasteiger partial charge on any atom is -0.508 e. The van der Waals surface area contributed by atoms with E-state index in [1.165, 1.54) is 12.1 Å². The number of benzene rings is 2. The molecule has 0 saturated carbocycles. The minimum absolute atomic E-state index is 0.00278. The molecule has 3 amide bonds. The molecule has 3 aromatic rings. The molecule has 0 aliphatic rings. The second-order valence-corrected chi connectivity index (χ2v) is 9.91. The lowest BCUT2D eigenvalue weighted by molar-refractivity contribution is -0.143. The van der Waals surface area contributed by atoms with E-state index in [4.69, 9.17) is 5.73 Å². The van der Waals surface area contributed by atoms with Crippen molar-refractivity contribution in [2.75, 3.05) is 6.61 Å². The van der Waals surface area contributed by atoms with Crippen LogP contribution in [0.15, 0.2) is 54.7 Å². The number of carbonyl (C=O) groups is 4. The number of phenols is 1. The summed E-state index contributed by atoms with van der Waals surface area (Å²) in [6.45, 7) is 2.70. The molecular formula is C28H35N5O7. The molecule has 4 unspecified atom stereocenters. The summed E-state index contributed by atoms with van der Waals surface area (Å²) in [5.41, 5.74) is 8.18. The Balaban J connectivity index is 1.90. The highest BCUT2D eigenvalue weighted by atomic mass is 16.4. The number of hydrogen-bond donors (Lipinski definition) is 8. The summed E-state index contributed by atoms with van der Waals surface area (Å²) in [7, 11) is 0. The number of carboxylic acid groups (broad SMARTS) is 1. The van der Waals surface area contributed by atoms with Crippen molar-refractivity contribution >= 4 is 34.6 Å². The number of nitrogens with two attached hydrogens (primary N) is 1. The predicted molar refractivity (Wildman–Crippen MR) is 147 cm³/mol. The van der Waals surface area contributed by atoms with E-state index in [1.807, 2.05) is 24.3 Å². The zero-order valence-electron chi connectivity index (χ0n) is 22.3. The molecule has 12 heteroatoms. The highest BCUT2D eigenvalue weighted by Gasteiger charge is 2.31. The number of carboxylic acids is 1. The van der Waals surface area contributed by atoms with Gasteiger partial charge in [0.2, 0.25) is 17.7 Å². The van der Waals surface area contributed by atoms with Crippen molar-refractivity contribution in [1.82, 2.24) is 20.9 Å². The first kappa shape index (κ1) is 30.1. The van der Waals surface area contributed by atoms with Gasteiger partial charge in [0, 0.05) is 29.9 Å². The molecule has 0 aliphatic carbocycles. The van der Waals surface area contributed by atoms with Gasteiger partial charge >= 0.3 is 5.97 Å². The number of aliphatic hydroxyl groups is 1. The molecule has 9 N–H and O–H groups in total. The SMILES string of the molecule is CC(C)C(N)C(=O)NC(Cc1c[nH]c2ccccc12)C(=O)NC(Cc1ccc(O)cc1)C(=O)NC(CO)C(=O)O. The van der Waals surface area contributed by atoms with Gasteiger partial charge in [0.15, 0.2) is 0 Å². The molecule has 4 atom stereocenters. The molecule has 12 nitrogen and oxygen atoms in total. The van der Waals surface area contributed by atoms with E-state index in [1.54, 1.807) is 32.2 Å². The second kappa shape index (κ2) is 13.6. The predicted octanol–water partition coefficient (Wildman–Crippen LogP) is 0.173. The maximum absolute atomic E-state index is 13.6. The summed E-state index contributed by atoms with van der Waals surface area (Å²) in [6.07, 6.45) is 1.75. The van der Waals surface area contributed by atoms with Gasteiger partial charge in [-0.1, -0.05) is 44.2 Å². The van der Waals surface area contributed by atoms with E-state index in [0.29, 0.717) is 5.56 Å². The first-order chi connectivity index (χ1) is 19.0. The van der Waals surface area contributed by atoms with Crippen molar-refractivity contribution in [1.29, 1.82) is 0 Å². The molecular weight excluding hydrogens is 518 g/mol. The fourth-order valence-electron chi connectivity index (χ4n) is 4.11. The van der Waals surface area contributed by atoms with Crippen molar-refractivity contribution in [3.63, 3.8) is 0 Å². The third kappa shape index (κ3) is 7.80. The van der Waals surface area contributed by atoms with Crippen LogP contribution >= 0.6 is 0 Å². The number of H-pyrrole nitrogens is 1. The summed E-state index contributed by atoms with van der Waals surface area (Å²) in [6, 6.07) is 8.52. The number of fused-ring (bicyclic) bond motifs is 1. The number of aliphatic carboxylic acids is 1. The van der Waals surface area contributed by atoms with Crippen molar-refractivity contribution < 1.29 is 34.5 Å². The number of aromatic hydroxyl groups is 1. The average molecular weight is 554 g/mol. The molecule has 40 heavy (non-hydrogen) atoms. The molecule has 0 spiro atoms. The largest absolute Gasteiger partial charge is 0.508 e. The van der Waals surface area contributed by atoms with Gasteiger partial charge in [-0.3, -0.25) is 14.4 Å². The summed E-state index contributed by atoms with van der Waals surface area (Å²) < 4.78 is 0. The summed E-state index contributed by atoms with van der Waals surface area (Å²) in [5, 5.41) is 36.6. The highest BCUT2D eigenvalue weighted by molar-refractivity contribution is 5.95. The maximum atomic E-state index is 13.6. The molecule has 0 aliphatic heterocycles. The standard InChI is InChI=1S/C28H35N5O7/c1-15(2)24(29)27(38)32-22(12-17-13-30-20-6-4-3-5-19(17)20)26(37)31-21(11-16-7-9-18(35)10-8-16)25(36)33-23(14-34)28(39)40/h3-10,13,15,21-24,30,34-35H,11-12,14,29H2,1-2H3,(H,31,37)(H,32,38)(H,33,36)(H,39,40). The topological polar surface area (TPSA) is 207 Å². The number of aliphatic hydroxyl groups excluding tert-OH is 1. The van der Waals surface area contributed by atoms with Crippen molar-refractivity contribution in [2.24, 2.45) is 11.7 Å². The lowest BCUT2D eigenvalue weighted by Gasteiger charge is -2.25. The van der Waals surface area contributed by atoms with Crippen LogP contribution in [0.5, 0.6) is 5.75 Å². The van der Waals surface area contributed by atoms with Crippen molar-refractivity contribution in [3.8, 4) is 5.75 Å². The van der Waals surface area contributed by atoms with Crippen molar-refractivity contribution in [2.45, 2.75) is 50.9 Å². The van der Waals surface area contributed by atoms with Gasteiger partial charge in [0.25, 0.3) is 0 Å². The molecule has 0 saturated heterocycles. The number of phenolic OH excluding ortho intramolecular Hbond substituents is 1. The number of nitrogens with one attached hydrogen (secondary N) is 4. The van der Waals surface area contributed by atoms with Crippen molar-refractivity contribution in [3.05, 3.63) is 65.9 Å².